The van der Waals surface area contributed by atoms with Crippen LogP contribution in [0.4, 0.5) is 0 Å². The van der Waals surface area contributed by atoms with Crippen LogP contribution in [0.5, 0.6) is 5.75 Å². The van der Waals surface area contributed by atoms with Crippen LogP contribution < -0.4 is 4.74 Å². The lowest BCUT2D eigenvalue weighted by Gasteiger charge is -2.13. The van der Waals surface area contributed by atoms with Gasteiger partial charge in [0, 0.05) is 10.6 Å². The van der Waals surface area contributed by atoms with Gasteiger partial charge in [0.15, 0.2) is 5.78 Å². The third-order valence-corrected chi connectivity index (χ3v) is 3.16. The second-order valence-electron chi connectivity index (χ2n) is 4.46. The Morgan fingerprint density at radius 1 is 1.25 bits per heavy atom. The van der Waals surface area contributed by atoms with E-state index in [2.05, 4.69) is 0 Å². The van der Waals surface area contributed by atoms with Gasteiger partial charge in [-0.15, -0.1) is 0 Å². The number of carbonyl (C=O) groups is 1. The third kappa shape index (κ3) is 3.83. The van der Waals surface area contributed by atoms with Gasteiger partial charge in [-0.1, -0.05) is 35.9 Å². The van der Waals surface area contributed by atoms with Crippen LogP contribution in [0.2, 0.25) is 5.02 Å². The Morgan fingerprint density at radius 3 is 2.60 bits per heavy atom. The van der Waals surface area contributed by atoms with Crippen molar-refractivity contribution in [1.29, 1.82) is 0 Å². The summed E-state index contributed by atoms with van der Waals surface area (Å²) in [6.07, 6.45) is -0.742. The van der Waals surface area contributed by atoms with Crippen molar-refractivity contribution >= 4 is 17.4 Å². The maximum absolute atomic E-state index is 11.3. The first-order valence-electron chi connectivity index (χ1n) is 6.23. The fourth-order valence-electron chi connectivity index (χ4n) is 1.76. The van der Waals surface area contributed by atoms with Crippen molar-refractivity contribution in [3.05, 3.63) is 64.7 Å². The molecular weight excluding hydrogens is 276 g/mol. The fraction of sp³-hybridized carbons (Fsp3) is 0.188. The molecule has 0 saturated carbocycles. The van der Waals surface area contributed by atoms with E-state index >= 15 is 0 Å². The summed E-state index contributed by atoms with van der Waals surface area (Å²) in [7, 11) is 0. The molecule has 0 saturated heterocycles. The average Bonchev–Trinajstić information content (AvgIpc) is 2.46. The Hall–Kier alpha value is -1.84. The predicted octanol–water partition coefficient (Wildman–Crippen LogP) is 3.66. The minimum absolute atomic E-state index is 0.0197. The van der Waals surface area contributed by atoms with E-state index in [0.717, 1.165) is 5.56 Å². The molecule has 2 aromatic rings. The maximum Gasteiger partial charge on any atom is 0.159 e. The molecule has 104 valence electrons. The number of ether oxygens (including phenoxy) is 1. The van der Waals surface area contributed by atoms with Crippen LogP contribution >= 0.6 is 11.6 Å². The second-order valence-corrected chi connectivity index (χ2v) is 4.90. The number of halogens is 1. The van der Waals surface area contributed by atoms with Gasteiger partial charge in [0.25, 0.3) is 0 Å². The van der Waals surface area contributed by atoms with E-state index in [1.165, 1.54) is 6.92 Å². The molecule has 0 aromatic heterocycles. The van der Waals surface area contributed by atoms with Gasteiger partial charge >= 0.3 is 0 Å². The van der Waals surface area contributed by atoms with Crippen LogP contribution in [-0.2, 0) is 0 Å². The lowest BCUT2D eigenvalue weighted by molar-refractivity contribution is 0.101. The van der Waals surface area contributed by atoms with Gasteiger partial charge in [-0.25, -0.2) is 0 Å². The molecule has 0 aliphatic rings. The minimum Gasteiger partial charge on any atom is -0.491 e. The lowest BCUT2D eigenvalue weighted by atomic mass is 10.1. The van der Waals surface area contributed by atoms with Crippen molar-refractivity contribution in [3.63, 3.8) is 0 Å². The molecular formula is C16H15ClO3. The summed E-state index contributed by atoms with van der Waals surface area (Å²) in [6, 6.07) is 13.8. The Morgan fingerprint density at radius 2 is 1.95 bits per heavy atom. The monoisotopic (exact) mass is 290 g/mol. The van der Waals surface area contributed by atoms with Crippen molar-refractivity contribution < 1.29 is 14.6 Å². The number of benzene rings is 2. The van der Waals surface area contributed by atoms with Crippen LogP contribution in [0.3, 0.4) is 0 Å². The van der Waals surface area contributed by atoms with Crippen molar-refractivity contribution in [3.8, 4) is 5.75 Å². The van der Waals surface area contributed by atoms with E-state index in [-0.39, 0.29) is 12.4 Å². The minimum atomic E-state index is -0.742. The summed E-state index contributed by atoms with van der Waals surface area (Å²) in [4.78, 5) is 11.3. The third-order valence-electron chi connectivity index (χ3n) is 2.90. The zero-order valence-electron chi connectivity index (χ0n) is 11.0. The molecule has 2 aromatic carbocycles. The summed E-state index contributed by atoms with van der Waals surface area (Å²) >= 11 is 5.79. The summed E-state index contributed by atoms with van der Waals surface area (Å²) in [5, 5.41) is 10.6. The molecule has 0 spiro atoms. The lowest BCUT2D eigenvalue weighted by Crippen LogP contribution is -2.09. The number of hydrogen-bond acceptors (Lipinski definition) is 3. The van der Waals surface area contributed by atoms with E-state index in [9.17, 15) is 9.90 Å². The van der Waals surface area contributed by atoms with Crippen LogP contribution in [0, 0.1) is 0 Å². The molecule has 1 atom stereocenters. The van der Waals surface area contributed by atoms with Crippen molar-refractivity contribution in [2.75, 3.05) is 6.61 Å². The molecule has 0 fully saturated rings. The number of rotatable bonds is 5. The summed E-state index contributed by atoms with van der Waals surface area (Å²) < 4.78 is 5.51. The van der Waals surface area contributed by atoms with Gasteiger partial charge in [0.2, 0.25) is 0 Å². The number of aliphatic hydroxyl groups is 1. The first-order chi connectivity index (χ1) is 9.56. The number of Topliss-reactive ketones (excluding diaryl/α,β-unsaturated/α-hetero) is 1. The SMILES string of the molecule is CC(=O)c1cccc(OCC(O)c2ccc(Cl)cc2)c1. The fourth-order valence-corrected chi connectivity index (χ4v) is 1.89. The summed E-state index contributed by atoms with van der Waals surface area (Å²) in [5.74, 6) is 0.541. The van der Waals surface area contributed by atoms with Crippen molar-refractivity contribution in [2.45, 2.75) is 13.0 Å². The zero-order valence-corrected chi connectivity index (χ0v) is 11.8. The van der Waals surface area contributed by atoms with Gasteiger partial charge in [0.05, 0.1) is 0 Å². The average molecular weight is 291 g/mol. The highest BCUT2D eigenvalue weighted by molar-refractivity contribution is 6.30. The molecule has 0 aliphatic carbocycles. The quantitative estimate of drug-likeness (QED) is 0.855. The molecule has 20 heavy (non-hydrogen) atoms. The largest absolute Gasteiger partial charge is 0.491 e. The zero-order chi connectivity index (χ0) is 14.5. The Bertz CT molecular complexity index is 593. The molecule has 2 rings (SSSR count). The smallest absolute Gasteiger partial charge is 0.159 e. The summed E-state index contributed by atoms with van der Waals surface area (Å²) in [6.45, 7) is 1.62. The first-order valence-corrected chi connectivity index (χ1v) is 6.61. The highest BCUT2D eigenvalue weighted by Crippen LogP contribution is 2.19. The van der Waals surface area contributed by atoms with Gasteiger partial charge in [-0.05, 0) is 36.8 Å². The van der Waals surface area contributed by atoms with Crippen molar-refractivity contribution in [2.24, 2.45) is 0 Å². The van der Waals surface area contributed by atoms with Crippen LogP contribution in [0.25, 0.3) is 0 Å². The van der Waals surface area contributed by atoms with Gasteiger partial charge < -0.3 is 9.84 Å². The molecule has 1 unspecified atom stereocenters. The van der Waals surface area contributed by atoms with E-state index in [1.807, 2.05) is 0 Å². The van der Waals surface area contributed by atoms with Crippen molar-refractivity contribution in [1.82, 2.24) is 0 Å². The second kappa shape index (κ2) is 6.55. The van der Waals surface area contributed by atoms with E-state index in [4.69, 9.17) is 16.3 Å². The molecule has 0 radical (unpaired) electrons. The molecule has 0 aliphatic heterocycles. The van der Waals surface area contributed by atoms with Crippen LogP contribution in [0.15, 0.2) is 48.5 Å². The van der Waals surface area contributed by atoms with E-state index in [0.29, 0.717) is 16.3 Å². The molecule has 0 heterocycles. The Kier molecular flexibility index (Phi) is 4.77. The van der Waals surface area contributed by atoms with E-state index in [1.54, 1.807) is 48.5 Å². The predicted molar refractivity (Wildman–Crippen MR) is 78.4 cm³/mol. The van der Waals surface area contributed by atoms with Crippen LogP contribution in [0.1, 0.15) is 28.9 Å². The normalized spacial score (nSPS) is 11.9. The molecule has 4 heteroatoms. The van der Waals surface area contributed by atoms with Gasteiger partial charge in [-0.2, -0.15) is 0 Å². The van der Waals surface area contributed by atoms with Gasteiger partial charge in [-0.3, -0.25) is 4.79 Å². The topological polar surface area (TPSA) is 46.5 Å². The summed E-state index contributed by atoms with van der Waals surface area (Å²) in [5.41, 5.74) is 1.32. The van der Waals surface area contributed by atoms with E-state index < -0.39 is 6.10 Å². The number of ketones is 1. The molecule has 0 bridgehead atoms. The standard InChI is InChI=1S/C16H15ClO3/c1-11(18)13-3-2-4-15(9-13)20-10-16(19)12-5-7-14(17)8-6-12/h2-9,16,19H,10H2,1H3. The maximum atomic E-state index is 11.3. The molecule has 0 amide bonds. The number of carbonyl (C=O) groups excluding carboxylic acids is 1. The Balaban J connectivity index is 1.99. The molecule has 3 nitrogen and oxygen atoms in total. The van der Waals surface area contributed by atoms with Gasteiger partial charge in [0.1, 0.15) is 18.5 Å². The highest BCUT2D eigenvalue weighted by atomic mass is 35.5. The number of aliphatic hydroxyl groups excluding tert-OH is 1. The highest BCUT2D eigenvalue weighted by Gasteiger charge is 2.09. The Labute approximate surface area is 122 Å². The molecule has 1 N–H and O–H groups in total. The van der Waals surface area contributed by atoms with Crippen LogP contribution in [-0.4, -0.2) is 17.5 Å². The number of hydrogen-bond donors (Lipinski definition) is 1. The first kappa shape index (κ1) is 14.6.